The van der Waals surface area contributed by atoms with E-state index in [0.29, 0.717) is 5.92 Å². The standard InChI is InChI=1S/C14H17N3O/c1-14(2,9-3-4-9)13(18)17-10-5-6-11-12(7-10)16-8-15-11/h5-9H,3-4H2,1-2H3,(H,15,16)(H,17,18). The van der Waals surface area contributed by atoms with Gasteiger partial charge in [-0.2, -0.15) is 0 Å². The number of hydrogen-bond acceptors (Lipinski definition) is 2. The molecule has 0 atom stereocenters. The van der Waals surface area contributed by atoms with Crippen molar-refractivity contribution in [2.45, 2.75) is 26.7 Å². The van der Waals surface area contributed by atoms with Crippen LogP contribution >= 0.6 is 0 Å². The van der Waals surface area contributed by atoms with Crippen LogP contribution in [0.2, 0.25) is 0 Å². The van der Waals surface area contributed by atoms with E-state index in [1.807, 2.05) is 32.0 Å². The van der Waals surface area contributed by atoms with Crippen molar-refractivity contribution in [2.24, 2.45) is 11.3 Å². The normalized spacial score (nSPS) is 15.9. The molecule has 4 heteroatoms. The fourth-order valence-electron chi connectivity index (χ4n) is 2.30. The first kappa shape index (κ1) is 11.3. The summed E-state index contributed by atoms with van der Waals surface area (Å²) in [5.41, 5.74) is 2.40. The summed E-state index contributed by atoms with van der Waals surface area (Å²) < 4.78 is 0. The summed E-state index contributed by atoms with van der Waals surface area (Å²) in [4.78, 5) is 19.5. The molecular formula is C14H17N3O. The van der Waals surface area contributed by atoms with Gasteiger partial charge in [-0.15, -0.1) is 0 Å². The number of fused-ring (bicyclic) bond motifs is 1. The molecule has 1 aromatic carbocycles. The molecule has 1 saturated carbocycles. The summed E-state index contributed by atoms with van der Waals surface area (Å²) in [5, 5.41) is 3.00. The lowest BCUT2D eigenvalue weighted by Gasteiger charge is -2.23. The Balaban J connectivity index is 1.81. The number of aromatic amines is 1. The van der Waals surface area contributed by atoms with E-state index in [2.05, 4.69) is 15.3 Å². The lowest BCUT2D eigenvalue weighted by atomic mass is 9.86. The van der Waals surface area contributed by atoms with Crippen molar-refractivity contribution < 1.29 is 4.79 Å². The van der Waals surface area contributed by atoms with Gasteiger partial charge in [0, 0.05) is 11.1 Å². The third-order valence-electron chi connectivity index (χ3n) is 3.86. The van der Waals surface area contributed by atoms with Gasteiger partial charge in [0.15, 0.2) is 0 Å². The van der Waals surface area contributed by atoms with E-state index in [9.17, 15) is 4.79 Å². The first-order chi connectivity index (χ1) is 8.57. The van der Waals surface area contributed by atoms with E-state index in [0.717, 1.165) is 16.7 Å². The van der Waals surface area contributed by atoms with Crippen LogP contribution in [0.3, 0.4) is 0 Å². The molecule has 1 aromatic heterocycles. The zero-order chi connectivity index (χ0) is 12.8. The average Bonchev–Trinajstić information content (AvgIpc) is 3.09. The Labute approximate surface area is 106 Å². The predicted octanol–water partition coefficient (Wildman–Crippen LogP) is 2.94. The van der Waals surface area contributed by atoms with Crippen LogP contribution in [0.25, 0.3) is 11.0 Å². The van der Waals surface area contributed by atoms with Gasteiger partial charge >= 0.3 is 0 Å². The smallest absolute Gasteiger partial charge is 0.230 e. The van der Waals surface area contributed by atoms with Gasteiger partial charge in [0.05, 0.1) is 17.4 Å². The summed E-state index contributed by atoms with van der Waals surface area (Å²) in [5.74, 6) is 0.636. The van der Waals surface area contributed by atoms with Crippen LogP contribution in [0.4, 0.5) is 5.69 Å². The molecule has 0 saturated heterocycles. The number of imidazole rings is 1. The quantitative estimate of drug-likeness (QED) is 0.870. The van der Waals surface area contributed by atoms with Crippen molar-refractivity contribution in [1.82, 2.24) is 9.97 Å². The molecule has 1 aliphatic rings. The third kappa shape index (κ3) is 1.88. The number of H-pyrrole nitrogens is 1. The van der Waals surface area contributed by atoms with Crippen LogP contribution in [0.5, 0.6) is 0 Å². The molecule has 0 radical (unpaired) electrons. The first-order valence-corrected chi connectivity index (χ1v) is 6.32. The van der Waals surface area contributed by atoms with Gasteiger partial charge in [0.1, 0.15) is 0 Å². The highest BCUT2D eigenvalue weighted by Crippen LogP contribution is 2.45. The molecule has 2 N–H and O–H groups in total. The molecule has 0 aliphatic heterocycles. The summed E-state index contributed by atoms with van der Waals surface area (Å²) in [6.07, 6.45) is 3.99. The van der Waals surface area contributed by atoms with E-state index in [1.54, 1.807) is 6.33 Å². The zero-order valence-corrected chi connectivity index (χ0v) is 10.7. The minimum Gasteiger partial charge on any atom is -0.345 e. The maximum absolute atomic E-state index is 12.3. The van der Waals surface area contributed by atoms with E-state index in [-0.39, 0.29) is 11.3 Å². The number of amides is 1. The van der Waals surface area contributed by atoms with Crippen LogP contribution in [-0.2, 0) is 4.79 Å². The zero-order valence-electron chi connectivity index (χ0n) is 10.7. The fraction of sp³-hybridized carbons (Fsp3) is 0.429. The topological polar surface area (TPSA) is 57.8 Å². The highest BCUT2D eigenvalue weighted by molar-refractivity contribution is 5.96. The summed E-state index contributed by atoms with van der Waals surface area (Å²) in [6, 6.07) is 5.72. The van der Waals surface area contributed by atoms with E-state index < -0.39 is 0 Å². The molecule has 2 aromatic rings. The van der Waals surface area contributed by atoms with Crippen molar-refractivity contribution >= 4 is 22.6 Å². The van der Waals surface area contributed by atoms with E-state index >= 15 is 0 Å². The first-order valence-electron chi connectivity index (χ1n) is 6.32. The number of anilines is 1. The van der Waals surface area contributed by atoms with Gasteiger partial charge in [-0.3, -0.25) is 4.79 Å². The van der Waals surface area contributed by atoms with Crippen molar-refractivity contribution in [3.05, 3.63) is 24.5 Å². The van der Waals surface area contributed by atoms with E-state index in [4.69, 9.17) is 0 Å². The number of benzene rings is 1. The second kappa shape index (κ2) is 3.83. The largest absolute Gasteiger partial charge is 0.345 e. The third-order valence-corrected chi connectivity index (χ3v) is 3.86. The maximum Gasteiger partial charge on any atom is 0.230 e. The number of hydrogen-bond donors (Lipinski definition) is 2. The summed E-state index contributed by atoms with van der Waals surface area (Å²) >= 11 is 0. The molecule has 94 valence electrons. The van der Waals surface area contributed by atoms with E-state index in [1.165, 1.54) is 12.8 Å². The van der Waals surface area contributed by atoms with Gasteiger partial charge in [0.25, 0.3) is 0 Å². The van der Waals surface area contributed by atoms with Crippen molar-refractivity contribution in [3.8, 4) is 0 Å². The van der Waals surface area contributed by atoms with Crippen molar-refractivity contribution in [2.75, 3.05) is 5.32 Å². The maximum atomic E-state index is 12.3. The van der Waals surface area contributed by atoms with Crippen LogP contribution in [0.1, 0.15) is 26.7 Å². The van der Waals surface area contributed by atoms with Crippen LogP contribution in [0.15, 0.2) is 24.5 Å². The Morgan fingerprint density at radius 2 is 2.22 bits per heavy atom. The van der Waals surface area contributed by atoms with Crippen molar-refractivity contribution in [1.29, 1.82) is 0 Å². The average molecular weight is 243 g/mol. The summed E-state index contributed by atoms with van der Waals surface area (Å²) in [7, 11) is 0. The summed E-state index contributed by atoms with van der Waals surface area (Å²) in [6.45, 7) is 4.05. The Hall–Kier alpha value is -1.84. The van der Waals surface area contributed by atoms with Gasteiger partial charge in [-0.1, -0.05) is 13.8 Å². The number of carbonyl (C=O) groups is 1. The van der Waals surface area contributed by atoms with Gasteiger partial charge in [-0.05, 0) is 37.0 Å². The number of rotatable bonds is 3. The van der Waals surface area contributed by atoms with Crippen LogP contribution in [0, 0.1) is 11.3 Å². The number of nitrogens with zero attached hydrogens (tertiary/aromatic N) is 1. The molecular weight excluding hydrogens is 226 g/mol. The molecule has 3 rings (SSSR count). The van der Waals surface area contributed by atoms with Gasteiger partial charge in [-0.25, -0.2) is 4.98 Å². The molecule has 0 bridgehead atoms. The number of aromatic nitrogens is 2. The lowest BCUT2D eigenvalue weighted by Crippen LogP contribution is -2.32. The van der Waals surface area contributed by atoms with Gasteiger partial charge < -0.3 is 10.3 Å². The minimum atomic E-state index is -0.275. The monoisotopic (exact) mass is 243 g/mol. The molecule has 0 unspecified atom stereocenters. The van der Waals surface area contributed by atoms with Crippen LogP contribution < -0.4 is 5.32 Å². The predicted molar refractivity (Wildman–Crippen MR) is 71.2 cm³/mol. The molecule has 1 aliphatic carbocycles. The molecule has 1 amide bonds. The Morgan fingerprint density at radius 3 is 2.94 bits per heavy atom. The lowest BCUT2D eigenvalue weighted by molar-refractivity contribution is -0.124. The SMILES string of the molecule is CC(C)(C(=O)Nc1ccc2nc[nH]c2c1)C1CC1. The highest BCUT2D eigenvalue weighted by atomic mass is 16.2. The second-order valence-electron chi connectivity index (χ2n) is 5.58. The molecule has 0 spiro atoms. The number of nitrogens with one attached hydrogen (secondary N) is 2. The number of carbonyl (C=O) groups excluding carboxylic acids is 1. The Morgan fingerprint density at radius 1 is 1.44 bits per heavy atom. The Kier molecular flexibility index (Phi) is 2.40. The van der Waals surface area contributed by atoms with Crippen molar-refractivity contribution in [3.63, 3.8) is 0 Å². The molecule has 18 heavy (non-hydrogen) atoms. The Bertz CT molecular complexity index is 596. The fourth-order valence-corrected chi connectivity index (χ4v) is 2.30. The molecule has 1 fully saturated rings. The molecule has 4 nitrogen and oxygen atoms in total. The highest BCUT2D eigenvalue weighted by Gasteiger charge is 2.43. The minimum absolute atomic E-state index is 0.101. The van der Waals surface area contributed by atoms with Crippen LogP contribution in [-0.4, -0.2) is 15.9 Å². The molecule has 1 heterocycles. The van der Waals surface area contributed by atoms with Gasteiger partial charge in [0.2, 0.25) is 5.91 Å². The second-order valence-corrected chi connectivity index (χ2v) is 5.58.